The Bertz CT molecular complexity index is 470. The van der Waals surface area contributed by atoms with Crippen LogP contribution in [0.1, 0.15) is 24.4 Å². The molecule has 1 saturated heterocycles. The number of alkyl halides is 4. The number of hydrogen-bond acceptors (Lipinski definition) is 3. The molecule has 1 aliphatic heterocycles. The molecule has 1 aromatic rings. The molecule has 0 bridgehead atoms. The van der Waals surface area contributed by atoms with Crippen molar-refractivity contribution in [3.63, 3.8) is 0 Å². The van der Waals surface area contributed by atoms with Gasteiger partial charge in [-0.1, -0.05) is 18.2 Å². The van der Waals surface area contributed by atoms with Gasteiger partial charge in [0.15, 0.2) is 0 Å². The first-order valence-electron chi connectivity index (χ1n) is 6.82. The van der Waals surface area contributed by atoms with Crippen molar-refractivity contribution < 1.29 is 22.3 Å². The van der Waals surface area contributed by atoms with Gasteiger partial charge < -0.3 is 15.8 Å². The second-order valence-electron chi connectivity index (χ2n) is 5.12. The van der Waals surface area contributed by atoms with Crippen molar-refractivity contribution in [3.05, 3.63) is 29.8 Å². The summed E-state index contributed by atoms with van der Waals surface area (Å²) in [7, 11) is 0. The Kier molecular flexibility index (Phi) is 6.90. The molecule has 8 heteroatoms. The topological polar surface area (TPSA) is 47.3 Å². The number of ether oxygens (including phenoxy) is 1. The quantitative estimate of drug-likeness (QED) is 0.807. The van der Waals surface area contributed by atoms with Gasteiger partial charge in [0, 0.05) is 11.6 Å². The fourth-order valence-electron chi connectivity index (χ4n) is 2.50. The van der Waals surface area contributed by atoms with E-state index in [1.807, 2.05) is 0 Å². The van der Waals surface area contributed by atoms with E-state index in [9.17, 15) is 17.6 Å². The van der Waals surface area contributed by atoms with E-state index in [2.05, 4.69) is 10.1 Å². The van der Waals surface area contributed by atoms with Crippen LogP contribution in [0.25, 0.3) is 0 Å². The van der Waals surface area contributed by atoms with E-state index in [1.165, 1.54) is 12.1 Å². The van der Waals surface area contributed by atoms with E-state index >= 15 is 0 Å². The highest BCUT2D eigenvalue weighted by Crippen LogP contribution is 2.36. The Morgan fingerprint density at radius 1 is 1.18 bits per heavy atom. The van der Waals surface area contributed by atoms with Gasteiger partial charge in [0.05, 0.1) is 0 Å². The molecule has 3 N–H and O–H groups in total. The van der Waals surface area contributed by atoms with Crippen LogP contribution in [0.15, 0.2) is 24.3 Å². The fourth-order valence-corrected chi connectivity index (χ4v) is 2.50. The maximum absolute atomic E-state index is 13.1. The van der Waals surface area contributed by atoms with Crippen LogP contribution in [-0.4, -0.2) is 25.6 Å². The Morgan fingerprint density at radius 3 is 2.36 bits per heavy atom. The largest absolute Gasteiger partial charge is 0.461 e. The molecule has 1 atom stereocenters. The lowest BCUT2D eigenvalue weighted by atomic mass is 9.86. The average molecular weight is 343 g/mol. The third-order valence-electron chi connectivity index (χ3n) is 3.67. The summed E-state index contributed by atoms with van der Waals surface area (Å²) in [5.74, 6) is -0.176. The molecule has 2 rings (SSSR count). The van der Waals surface area contributed by atoms with Gasteiger partial charge in [-0.15, -0.1) is 12.4 Å². The molecular formula is C14H19ClF4N2O. The molecule has 1 fully saturated rings. The lowest BCUT2D eigenvalue weighted by Crippen LogP contribution is -2.36. The molecule has 1 aliphatic rings. The monoisotopic (exact) mass is 342 g/mol. The molecule has 0 spiro atoms. The first-order chi connectivity index (χ1) is 9.92. The lowest BCUT2D eigenvalue weighted by Gasteiger charge is -2.30. The second-order valence-corrected chi connectivity index (χ2v) is 5.12. The molecule has 0 aliphatic carbocycles. The van der Waals surface area contributed by atoms with E-state index in [4.69, 9.17) is 5.73 Å². The highest BCUT2D eigenvalue weighted by Gasteiger charge is 2.44. The van der Waals surface area contributed by atoms with Crippen molar-refractivity contribution in [3.8, 4) is 5.75 Å². The van der Waals surface area contributed by atoms with Gasteiger partial charge >= 0.3 is 12.5 Å². The summed E-state index contributed by atoms with van der Waals surface area (Å²) in [6.45, 7) is 1.60. The SMILES string of the molecule is Cl.N[C@@H](c1ccccc1OC(F)(F)C(F)F)C1CCNCC1. The summed E-state index contributed by atoms with van der Waals surface area (Å²) in [5.41, 5.74) is 6.46. The molecule has 22 heavy (non-hydrogen) atoms. The van der Waals surface area contributed by atoms with E-state index in [1.54, 1.807) is 12.1 Å². The van der Waals surface area contributed by atoms with Crippen molar-refractivity contribution in [2.75, 3.05) is 13.1 Å². The van der Waals surface area contributed by atoms with Crippen LogP contribution >= 0.6 is 12.4 Å². The normalized spacial score (nSPS) is 17.9. The minimum absolute atomic E-state index is 0. The molecule has 0 unspecified atom stereocenters. The maximum Gasteiger partial charge on any atom is 0.461 e. The van der Waals surface area contributed by atoms with E-state index in [0.29, 0.717) is 5.56 Å². The van der Waals surface area contributed by atoms with Crippen LogP contribution in [0.3, 0.4) is 0 Å². The van der Waals surface area contributed by atoms with Crippen molar-refractivity contribution in [1.29, 1.82) is 0 Å². The Hall–Kier alpha value is -1.05. The van der Waals surface area contributed by atoms with Crippen LogP contribution in [0.4, 0.5) is 17.6 Å². The second kappa shape index (κ2) is 7.99. The highest BCUT2D eigenvalue weighted by atomic mass is 35.5. The van der Waals surface area contributed by atoms with Crippen molar-refractivity contribution in [2.24, 2.45) is 11.7 Å². The molecule has 0 radical (unpaired) electrons. The van der Waals surface area contributed by atoms with E-state index in [0.717, 1.165) is 25.9 Å². The zero-order chi connectivity index (χ0) is 15.5. The van der Waals surface area contributed by atoms with Gasteiger partial charge in [-0.2, -0.15) is 17.6 Å². The highest BCUT2D eigenvalue weighted by molar-refractivity contribution is 5.85. The number of piperidine rings is 1. The Balaban J connectivity index is 0.00000242. The number of para-hydroxylation sites is 1. The third kappa shape index (κ3) is 4.47. The summed E-state index contributed by atoms with van der Waals surface area (Å²) >= 11 is 0. The summed E-state index contributed by atoms with van der Waals surface area (Å²) in [6, 6.07) is 5.35. The minimum Gasteiger partial charge on any atom is -0.428 e. The van der Waals surface area contributed by atoms with Crippen molar-refractivity contribution >= 4 is 12.4 Å². The molecule has 0 amide bonds. The first-order valence-corrected chi connectivity index (χ1v) is 6.82. The fraction of sp³-hybridized carbons (Fsp3) is 0.571. The van der Waals surface area contributed by atoms with Gasteiger partial charge in [-0.05, 0) is 37.9 Å². The molecule has 1 aromatic carbocycles. The molecule has 0 saturated carbocycles. The van der Waals surface area contributed by atoms with Crippen LogP contribution in [0.5, 0.6) is 5.75 Å². The number of nitrogens with two attached hydrogens (primary N) is 1. The maximum atomic E-state index is 13.1. The first kappa shape index (κ1) is 19.0. The third-order valence-corrected chi connectivity index (χ3v) is 3.67. The van der Waals surface area contributed by atoms with Crippen LogP contribution in [0, 0.1) is 5.92 Å². The predicted molar refractivity (Wildman–Crippen MR) is 77.8 cm³/mol. The molecule has 126 valence electrons. The van der Waals surface area contributed by atoms with Crippen molar-refractivity contribution in [2.45, 2.75) is 31.4 Å². The number of nitrogens with one attached hydrogen (secondary N) is 1. The zero-order valence-corrected chi connectivity index (χ0v) is 12.6. The number of hydrogen-bond donors (Lipinski definition) is 2. The van der Waals surface area contributed by atoms with Gasteiger partial charge in [-0.25, -0.2) is 0 Å². The number of benzene rings is 1. The van der Waals surface area contributed by atoms with Gasteiger partial charge in [0.1, 0.15) is 5.75 Å². The average Bonchev–Trinajstić information content (AvgIpc) is 2.47. The Morgan fingerprint density at radius 2 is 1.77 bits per heavy atom. The molecule has 0 aromatic heterocycles. The van der Waals surface area contributed by atoms with Crippen LogP contribution in [0.2, 0.25) is 0 Å². The van der Waals surface area contributed by atoms with Crippen LogP contribution < -0.4 is 15.8 Å². The molecule has 3 nitrogen and oxygen atoms in total. The summed E-state index contributed by atoms with van der Waals surface area (Å²) in [5, 5.41) is 3.18. The smallest absolute Gasteiger partial charge is 0.428 e. The van der Waals surface area contributed by atoms with Crippen molar-refractivity contribution in [1.82, 2.24) is 5.32 Å². The lowest BCUT2D eigenvalue weighted by molar-refractivity contribution is -0.253. The zero-order valence-electron chi connectivity index (χ0n) is 11.8. The van der Waals surface area contributed by atoms with Gasteiger partial charge in [0.25, 0.3) is 0 Å². The standard InChI is InChI=1S/C14H18F4N2O.ClH/c15-13(16)14(17,18)21-11-4-2-1-3-10(11)12(19)9-5-7-20-8-6-9;/h1-4,9,12-13,20H,5-8,19H2;1H/t12-;/m1./s1. The predicted octanol–water partition coefficient (Wildman–Crippen LogP) is 3.34. The molecule has 1 heterocycles. The van der Waals surface area contributed by atoms with Crippen LogP contribution in [-0.2, 0) is 0 Å². The van der Waals surface area contributed by atoms with Gasteiger partial charge in [0.2, 0.25) is 0 Å². The number of rotatable bonds is 5. The summed E-state index contributed by atoms with van der Waals surface area (Å²) < 4.78 is 55.0. The summed E-state index contributed by atoms with van der Waals surface area (Å²) in [6.07, 6.45) is -6.80. The van der Waals surface area contributed by atoms with E-state index < -0.39 is 18.6 Å². The minimum atomic E-state index is -4.52. The van der Waals surface area contributed by atoms with E-state index in [-0.39, 0.29) is 24.1 Å². The molecular weight excluding hydrogens is 324 g/mol. The summed E-state index contributed by atoms with van der Waals surface area (Å²) in [4.78, 5) is 0. The van der Waals surface area contributed by atoms with Gasteiger partial charge in [-0.3, -0.25) is 0 Å². The number of halogens is 5. The Labute approximate surface area is 132 Å².